The molecule has 1 atom stereocenters. The lowest BCUT2D eigenvalue weighted by Crippen LogP contribution is -2.19. The fourth-order valence-corrected chi connectivity index (χ4v) is 3.43. The van der Waals surface area contributed by atoms with Crippen molar-refractivity contribution >= 4 is 21.4 Å². The van der Waals surface area contributed by atoms with Gasteiger partial charge in [-0.1, -0.05) is 31.5 Å². The normalized spacial score (nSPS) is 13.1. The van der Waals surface area contributed by atoms with Crippen LogP contribution in [0, 0.1) is 6.92 Å². The number of benzene rings is 1. The summed E-state index contributed by atoms with van der Waals surface area (Å²) in [6, 6.07) is 9.16. The summed E-state index contributed by atoms with van der Waals surface area (Å²) in [5.74, 6) is 0. The summed E-state index contributed by atoms with van der Waals surface area (Å²) in [6.07, 6.45) is 2.51. The van der Waals surface area contributed by atoms with E-state index < -0.39 is 0 Å². The number of rotatable bonds is 5. The van der Waals surface area contributed by atoms with Crippen molar-refractivity contribution in [3.8, 4) is 0 Å². The minimum atomic E-state index is 0.471. The van der Waals surface area contributed by atoms with E-state index in [0.717, 1.165) is 6.54 Å². The molecule has 0 amide bonds. The Morgan fingerprint density at radius 1 is 1.29 bits per heavy atom. The summed E-state index contributed by atoms with van der Waals surface area (Å²) >= 11 is 1.93. The summed E-state index contributed by atoms with van der Waals surface area (Å²) in [6.45, 7) is 7.86. The van der Waals surface area contributed by atoms with Crippen LogP contribution in [0.2, 0.25) is 0 Å². The minimum absolute atomic E-state index is 0.471. The number of nitrogens with one attached hydrogen (secondary N) is 1. The second-order valence-corrected chi connectivity index (χ2v) is 5.70. The van der Waals surface area contributed by atoms with Crippen molar-refractivity contribution in [1.29, 1.82) is 0 Å². The summed E-state index contributed by atoms with van der Waals surface area (Å²) in [7, 11) is 0. The number of fused-ring (bicyclic) bond motifs is 1. The molecule has 0 aliphatic heterocycles. The van der Waals surface area contributed by atoms with Crippen molar-refractivity contribution in [3.05, 3.63) is 34.7 Å². The number of unbranched alkanes of at least 4 members (excludes halogenated alkanes) is 1. The molecule has 1 heterocycles. The van der Waals surface area contributed by atoms with Crippen LogP contribution in [0.25, 0.3) is 10.1 Å². The zero-order valence-corrected chi connectivity index (χ0v) is 11.7. The first kappa shape index (κ1) is 12.6. The van der Waals surface area contributed by atoms with Crippen LogP contribution in [0.5, 0.6) is 0 Å². The third-order valence-corrected chi connectivity index (χ3v) is 4.71. The van der Waals surface area contributed by atoms with Gasteiger partial charge in [0.2, 0.25) is 0 Å². The Morgan fingerprint density at radius 2 is 2.06 bits per heavy atom. The Labute approximate surface area is 108 Å². The second-order valence-electron chi connectivity index (χ2n) is 4.62. The summed E-state index contributed by atoms with van der Waals surface area (Å²) in [5, 5.41) is 5.03. The highest BCUT2D eigenvalue weighted by Crippen LogP contribution is 2.34. The first-order valence-electron chi connectivity index (χ1n) is 6.45. The molecular formula is C15H21NS. The van der Waals surface area contributed by atoms with Crippen LogP contribution < -0.4 is 5.32 Å². The van der Waals surface area contributed by atoms with Crippen LogP contribution in [0.4, 0.5) is 0 Å². The van der Waals surface area contributed by atoms with Crippen molar-refractivity contribution in [2.45, 2.75) is 39.7 Å². The van der Waals surface area contributed by atoms with Crippen LogP contribution in [-0.4, -0.2) is 6.54 Å². The molecule has 0 aliphatic rings. The lowest BCUT2D eigenvalue weighted by atomic mass is 10.1. The first-order valence-corrected chi connectivity index (χ1v) is 7.27. The van der Waals surface area contributed by atoms with Crippen molar-refractivity contribution in [1.82, 2.24) is 5.32 Å². The highest BCUT2D eigenvalue weighted by Gasteiger charge is 2.13. The minimum Gasteiger partial charge on any atom is -0.309 e. The van der Waals surface area contributed by atoms with Gasteiger partial charge in [0.15, 0.2) is 0 Å². The van der Waals surface area contributed by atoms with E-state index in [4.69, 9.17) is 0 Å². The van der Waals surface area contributed by atoms with E-state index in [1.54, 1.807) is 0 Å². The standard InChI is InChI=1S/C15H21NS/c1-4-5-10-16-12(3)15-11(2)13-8-6-7-9-14(13)17-15/h6-9,12,16H,4-5,10H2,1-3H3. The molecule has 0 radical (unpaired) electrons. The zero-order chi connectivity index (χ0) is 12.3. The fraction of sp³-hybridized carbons (Fsp3) is 0.467. The Balaban J connectivity index is 2.20. The van der Waals surface area contributed by atoms with Crippen LogP contribution in [-0.2, 0) is 0 Å². The molecule has 0 saturated heterocycles. The van der Waals surface area contributed by atoms with Crippen molar-refractivity contribution in [2.24, 2.45) is 0 Å². The van der Waals surface area contributed by atoms with E-state index in [1.165, 1.54) is 33.4 Å². The molecule has 1 unspecified atom stereocenters. The maximum Gasteiger partial charge on any atom is 0.0389 e. The Kier molecular flexibility index (Phi) is 4.19. The van der Waals surface area contributed by atoms with E-state index in [1.807, 2.05) is 11.3 Å². The predicted octanol–water partition coefficient (Wildman–Crippen LogP) is 4.66. The topological polar surface area (TPSA) is 12.0 Å². The third kappa shape index (κ3) is 2.70. The Bertz CT molecular complexity index is 487. The summed E-state index contributed by atoms with van der Waals surface area (Å²) in [4.78, 5) is 1.49. The predicted molar refractivity (Wildman–Crippen MR) is 77.9 cm³/mol. The third-order valence-electron chi connectivity index (χ3n) is 3.25. The summed E-state index contributed by atoms with van der Waals surface area (Å²) in [5.41, 5.74) is 1.45. The van der Waals surface area contributed by atoms with E-state index in [-0.39, 0.29) is 0 Å². The molecule has 92 valence electrons. The molecule has 0 bridgehead atoms. The largest absolute Gasteiger partial charge is 0.309 e. The Morgan fingerprint density at radius 3 is 2.76 bits per heavy atom. The van der Waals surface area contributed by atoms with Crippen LogP contribution in [0.3, 0.4) is 0 Å². The lowest BCUT2D eigenvalue weighted by Gasteiger charge is -2.12. The van der Waals surface area contributed by atoms with E-state index in [0.29, 0.717) is 6.04 Å². The van der Waals surface area contributed by atoms with E-state index >= 15 is 0 Å². The van der Waals surface area contributed by atoms with Gasteiger partial charge in [0, 0.05) is 15.6 Å². The highest BCUT2D eigenvalue weighted by atomic mass is 32.1. The number of aryl methyl sites for hydroxylation is 1. The van der Waals surface area contributed by atoms with Crippen molar-refractivity contribution in [3.63, 3.8) is 0 Å². The molecule has 0 spiro atoms. The smallest absolute Gasteiger partial charge is 0.0389 e. The van der Waals surface area contributed by atoms with Gasteiger partial charge in [-0.05, 0) is 43.8 Å². The SMILES string of the molecule is CCCCNC(C)c1sc2ccccc2c1C. The van der Waals surface area contributed by atoms with Crippen LogP contribution in [0.1, 0.15) is 43.2 Å². The average molecular weight is 247 g/mol. The molecular weight excluding hydrogens is 226 g/mol. The van der Waals surface area contributed by atoms with Gasteiger partial charge in [-0.3, -0.25) is 0 Å². The molecule has 2 heteroatoms. The zero-order valence-electron chi connectivity index (χ0n) is 10.9. The number of hydrogen-bond acceptors (Lipinski definition) is 2. The van der Waals surface area contributed by atoms with Gasteiger partial charge in [0.1, 0.15) is 0 Å². The molecule has 1 aromatic heterocycles. The molecule has 2 aromatic rings. The second kappa shape index (κ2) is 5.65. The molecule has 0 aliphatic carbocycles. The first-order chi connectivity index (χ1) is 8.24. The number of hydrogen-bond donors (Lipinski definition) is 1. The van der Waals surface area contributed by atoms with Gasteiger partial charge in [-0.25, -0.2) is 0 Å². The molecule has 2 rings (SSSR count). The number of thiophene rings is 1. The van der Waals surface area contributed by atoms with Gasteiger partial charge >= 0.3 is 0 Å². The van der Waals surface area contributed by atoms with Gasteiger partial charge in [0.05, 0.1) is 0 Å². The monoisotopic (exact) mass is 247 g/mol. The summed E-state index contributed by atoms with van der Waals surface area (Å²) < 4.78 is 1.41. The molecule has 1 nitrogen and oxygen atoms in total. The van der Waals surface area contributed by atoms with Crippen LogP contribution >= 0.6 is 11.3 Å². The Hall–Kier alpha value is -0.860. The van der Waals surface area contributed by atoms with Gasteiger partial charge in [-0.2, -0.15) is 0 Å². The fourth-order valence-electron chi connectivity index (χ4n) is 2.19. The molecule has 0 fully saturated rings. The van der Waals surface area contributed by atoms with Crippen molar-refractivity contribution < 1.29 is 0 Å². The molecule has 1 N–H and O–H groups in total. The van der Waals surface area contributed by atoms with E-state index in [2.05, 4.69) is 50.4 Å². The van der Waals surface area contributed by atoms with Crippen molar-refractivity contribution in [2.75, 3.05) is 6.54 Å². The molecule has 0 saturated carbocycles. The van der Waals surface area contributed by atoms with Gasteiger partial charge in [-0.15, -0.1) is 11.3 Å². The molecule has 17 heavy (non-hydrogen) atoms. The molecule has 1 aromatic carbocycles. The van der Waals surface area contributed by atoms with Gasteiger partial charge in [0.25, 0.3) is 0 Å². The van der Waals surface area contributed by atoms with Gasteiger partial charge < -0.3 is 5.32 Å². The van der Waals surface area contributed by atoms with Crippen LogP contribution in [0.15, 0.2) is 24.3 Å². The average Bonchev–Trinajstić information content (AvgIpc) is 2.68. The van der Waals surface area contributed by atoms with E-state index in [9.17, 15) is 0 Å². The quantitative estimate of drug-likeness (QED) is 0.758. The lowest BCUT2D eigenvalue weighted by molar-refractivity contribution is 0.559. The maximum atomic E-state index is 3.61. The highest BCUT2D eigenvalue weighted by molar-refractivity contribution is 7.19. The maximum absolute atomic E-state index is 3.61.